The van der Waals surface area contributed by atoms with E-state index in [1.165, 1.54) is 0 Å². The van der Waals surface area contributed by atoms with Crippen molar-refractivity contribution in [3.05, 3.63) is 0 Å². The van der Waals surface area contributed by atoms with Gasteiger partial charge in [0.25, 0.3) is 5.91 Å². The molecule has 0 aromatic heterocycles. The van der Waals surface area contributed by atoms with Crippen LogP contribution in [0.15, 0.2) is 0 Å². The summed E-state index contributed by atoms with van der Waals surface area (Å²) in [4.78, 5) is 22.4. The molecule has 0 unspecified atom stereocenters. The molecule has 0 atom stereocenters. The lowest BCUT2D eigenvalue weighted by atomic mass is 10.1. The van der Waals surface area contributed by atoms with Gasteiger partial charge in [-0.05, 0) is 19.3 Å². The molecular formula is C11H21NO3. The van der Waals surface area contributed by atoms with Crippen LogP contribution in [0.1, 0.15) is 33.6 Å². The number of carbonyl (C=O) groups excluding carboxylic acids is 2. The summed E-state index contributed by atoms with van der Waals surface area (Å²) in [6.45, 7) is 7.56. The van der Waals surface area contributed by atoms with Crippen LogP contribution in [-0.4, -0.2) is 31.4 Å². The van der Waals surface area contributed by atoms with Crippen LogP contribution in [0.4, 0.5) is 0 Å². The number of rotatable bonds is 8. The highest BCUT2D eigenvalue weighted by Gasteiger charge is 2.13. The topological polar surface area (TPSA) is 55.4 Å². The number of ether oxygens (including phenoxy) is 1. The summed E-state index contributed by atoms with van der Waals surface area (Å²) in [6.07, 6.45) is 1.06. The second kappa shape index (κ2) is 8.41. The molecule has 0 aromatic rings. The number of amides is 1. The number of Topliss-reactive ketones (excluding diaryl/α,β-unsaturated/α-hetero) is 1. The fourth-order valence-electron chi connectivity index (χ4n) is 1.08. The van der Waals surface area contributed by atoms with Gasteiger partial charge in [-0.3, -0.25) is 9.59 Å². The van der Waals surface area contributed by atoms with Crippen molar-refractivity contribution < 1.29 is 14.3 Å². The smallest absolute Gasteiger partial charge is 0.287 e. The molecule has 1 amide bonds. The van der Waals surface area contributed by atoms with E-state index < -0.39 is 5.91 Å². The van der Waals surface area contributed by atoms with Gasteiger partial charge in [0.05, 0.1) is 0 Å². The van der Waals surface area contributed by atoms with Crippen molar-refractivity contribution >= 4 is 11.7 Å². The lowest BCUT2D eigenvalue weighted by Gasteiger charge is -2.05. The Balaban J connectivity index is 3.52. The van der Waals surface area contributed by atoms with Gasteiger partial charge in [-0.25, -0.2) is 0 Å². The van der Waals surface area contributed by atoms with E-state index in [4.69, 9.17) is 4.74 Å². The van der Waals surface area contributed by atoms with Crippen molar-refractivity contribution in [2.24, 2.45) is 5.92 Å². The molecule has 0 radical (unpaired) electrons. The fraction of sp³-hybridized carbons (Fsp3) is 0.818. The van der Waals surface area contributed by atoms with Gasteiger partial charge in [0.15, 0.2) is 0 Å². The predicted octanol–water partition coefficient (Wildman–Crippen LogP) is 1.14. The Labute approximate surface area is 91.4 Å². The molecule has 0 aliphatic carbocycles. The summed E-state index contributed by atoms with van der Waals surface area (Å²) in [5, 5.41) is 2.58. The summed E-state index contributed by atoms with van der Waals surface area (Å²) in [5.74, 6) is -0.576. The molecule has 0 saturated heterocycles. The van der Waals surface area contributed by atoms with E-state index in [1.807, 2.05) is 20.8 Å². The highest BCUT2D eigenvalue weighted by molar-refractivity contribution is 6.36. The maximum Gasteiger partial charge on any atom is 0.287 e. The third-order valence-corrected chi connectivity index (χ3v) is 1.80. The number of hydrogen-bond acceptors (Lipinski definition) is 3. The van der Waals surface area contributed by atoms with Crippen LogP contribution in [-0.2, 0) is 14.3 Å². The standard InChI is InChI=1S/C11H21NO3/c1-4-15-7-5-6-12-11(14)10(13)8-9(2)3/h9H,4-8H2,1-3H3,(H,12,14). The van der Waals surface area contributed by atoms with Crippen molar-refractivity contribution in [1.29, 1.82) is 0 Å². The van der Waals surface area contributed by atoms with Crippen molar-refractivity contribution in [3.63, 3.8) is 0 Å². The zero-order chi connectivity index (χ0) is 11.7. The second-order valence-electron chi connectivity index (χ2n) is 3.83. The molecule has 1 N–H and O–H groups in total. The Morgan fingerprint density at radius 1 is 1.33 bits per heavy atom. The fourth-order valence-corrected chi connectivity index (χ4v) is 1.08. The van der Waals surface area contributed by atoms with Crippen molar-refractivity contribution in [3.8, 4) is 0 Å². The monoisotopic (exact) mass is 215 g/mol. The minimum Gasteiger partial charge on any atom is -0.382 e. The van der Waals surface area contributed by atoms with Gasteiger partial charge in [0.2, 0.25) is 5.78 Å². The normalized spacial score (nSPS) is 10.4. The van der Waals surface area contributed by atoms with Crippen molar-refractivity contribution in [2.45, 2.75) is 33.6 Å². The molecule has 88 valence electrons. The number of ketones is 1. The summed E-state index contributed by atoms with van der Waals surface area (Å²) in [5.41, 5.74) is 0. The van der Waals surface area contributed by atoms with Gasteiger partial charge in [-0.2, -0.15) is 0 Å². The van der Waals surface area contributed by atoms with E-state index in [0.717, 1.165) is 6.42 Å². The molecular weight excluding hydrogens is 194 g/mol. The third-order valence-electron chi connectivity index (χ3n) is 1.80. The first-order valence-electron chi connectivity index (χ1n) is 5.46. The van der Waals surface area contributed by atoms with E-state index in [0.29, 0.717) is 26.2 Å². The zero-order valence-electron chi connectivity index (χ0n) is 9.84. The highest BCUT2D eigenvalue weighted by atomic mass is 16.5. The van der Waals surface area contributed by atoms with Crippen LogP contribution in [0.2, 0.25) is 0 Å². The van der Waals surface area contributed by atoms with Gasteiger partial charge >= 0.3 is 0 Å². The first-order valence-corrected chi connectivity index (χ1v) is 5.46. The quantitative estimate of drug-likeness (QED) is 0.488. The van der Waals surface area contributed by atoms with Crippen LogP contribution in [0.3, 0.4) is 0 Å². The molecule has 0 aromatic carbocycles. The summed E-state index contributed by atoms with van der Waals surface area (Å²) >= 11 is 0. The van der Waals surface area contributed by atoms with E-state index in [2.05, 4.69) is 5.32 Å². The van der Waals surface area contributed by atoms with Gasteiger partial charge in [0.1, 0.15) is 0 Å². The molecule has 0 spiro atoms. The third kappa shape index (κ3) is 8.12. The number of carbonyl (C=O) groups is 2. The SMILES string of the molecule is CCOCCCNC(=O)C(=O)CC(C)C. The van der Waals surface area contributed by atoms with Crippen LogP contribution < -0.4 is 5.32 Å². The lowest BCUT2D eigenvalue weighted by Crippen LogP contribution is -2.32. The summed E-state index contributed by atoms with van der Waals surface area (Å²) in [6, 6.07) is 0. The Hall–Kier alpha value is -0.900. The molecule has 0 aliphatic heterocycles. The van der Waals surface area contributed by atoms with Gasteiger partial charge < -0.3 is 10.1 Å². The Morgan fingerprint density at radius 3 is 2.53 bits per heavy atom. The first-order chi connectivity index (χ1) is 7.07. The van der Waals surface area contributed by atoms with E-state index in [9.17, 15) is 9.59 Å². The molecule has 0 aliphatic rings. The largest absolute Gasteiger partial charge is 0.382 e. The second-order valence-corrected chi connectivity index (χ2v) is 3.83. The van der Waals surface area contributed by atoms with E-state index in [-0.39, 0.29) is 11.7 Å². The maximum atomic E-state index is 11.2. The molecule has 0 saturated carbocycles. The highest BCUT2D eigenvalue weighted by Crippen LogP contribution is 1.99. The molecule has 4 heteroatoms. The Kier molecular flexibility index (Phi) is 7.91. The molecule has 4 nitrogen and oxygen atoms in total. The number of hydrogen-bond donors (Lipinski definition) is 1. The lowest BCUT2D eigenvalue weighted by molar-refractivity contribution is -0.138. The first kappa shape index (κ1) is 14.1. The average molecular weight is 215 g/mol. The van der Waals surface area contributed by atoms with Gasteiger partial charge in [0, 0.05) is 26.2 Å². The molecule has 0 bridgehead atoms. The number of nitrogens with one attached hydrogen (secondary N) is 1. The van der Waals surface area contributed by atoms with Crippen molar-refractivity contribution in [2.75, 3.05) is 19.8 Å². The Morgan fingerprint density at radius 2 is 2.00 bits per heavy atom. The molecule has 0 fully saturated rings. The van der Waals surface area contributed by atoms with E-state index in [1.54, 1.807) is 0 Å². The molecule has 15 heavy (non-hydrogen) atoms. The van der Waals surface area contributed by atoms with E-state index >= 15 is 0 Å². The average Bonchev–Trinajstić information content (AvgIpc) is 2.16. The summed E-state index contributed by atoms with van der Waals surface area (Å²) < 4.78 is 5.10. The van der Waals surface area contributed by atoms with Crippen molar-refractivity contribution in [1.82, 2.24) is 5.32 Å². The van der Waals surface area contributed by atoms with Gasteiger partial charge in [-0.1, -0.05) is 13.8 Å². The summed E-state index contributed by atoms with van der Waals surface area (Å²) in [7, 11) is 0. The molecule has 0 rings (SSSR count). The Bertz CT molecular complexity index is 202. The maximum absolute atomic E-state index is 11.2. The minimum atomic E-state index is -0.472. The van der Waals surface area contributed by atoms with Crippen LogP contribution in [0.25, 0.3) is 0 Å². The minimum absolute atomic E-state index is 0.228. The van der Waals surface area contributed by atoms with Crippen LogP contribution in [0, 0.1) is 5.92 Å². The van der Waals surface area contributed by atoms with Gasteiger partial charge in [-0.15, -0.1) is 0 Å². The predicted molar refractivity (Wildman–Crippen MR) is 58.6 cm³/mol. The zero-order valence-corrected chi connectivity index (χ0v) is 9.84. The van der Waals surface area contributed by atoms with Crippen LogP contribution in [0.5, 0.6) is 0 Å². The van der Waals surface area contributed by atoms with Crippen LogP contribution >= 0.6 is 0 Å². The molecule has 0 heterocycles.